The van der Waals surface area contributed by atoms with Gasteiger partial charge in [0.15, 0.2) is 15.5 Å². The summed E-state index contributed by atoms with van der Waals surface area (Å²) in [6.07, 6.45) is 5.67. The molecule has 2 aromatic rings. The molecule has 24 heavy (non-hydrogen) atoms. The molecule has 0 bridgehead atoms. The highest BCUT2D eigenvalue weighted by molar-refractivity contribution is 7.91. The molecule has 0 aromatic carbocycles. The third kappa shape index (κ3) is 2.78. The lowest BCUT2D eigenvalue weighted by Crippen LogP contribution is -2.52. The molecule has 4 rings (SSSR count). The Morgan fingerprint density at radius 1 is 1.21 bits per heavy atom. The largest absolute Gasteiger partial charge is 0.336 e. The van der Waals surface area contributed by atoms with E-state index in [1.807, 2.05) is 0 Å². The molecule has 0 radical (unpaired) electrons. The molecule has 1 unspecified atom stereocenters. The van der Waals surface area contributed by atoms with Gasteiger partial charge in [0, 0.05) is 44.6 Å². The number of sulfone groups is 1. The Morgan fingerprint density at radius 2 is 2.00 bits per heavy atom. The van der Waals surface area contributed by atoms with Gasteiger partial charge in [-0.1, -0.05) is 0 Å². The van der Waals surface area contributed by atoms with Gasteiger partial charge >= 0.3 is 0 Å². The van der Waals surface area contributed by atoms with Crippen molar-refractivity contribution in [1.82, 2.24) is 24.4 Å². The van der Waals surface area contributed by atoms with Gasteiger partial charge in [-0.05, 0) is 12.5 Å². The summed E-state index contributed by atoms with van der Waals surface area (Å²) in [6.45, 7) is 2.61. The average Bonchev–Trinajstić information content (AvgIpc) is 3.17. The third-order valence-electron chi connectivity index (χ3n) is 4.84. The van der Waals surface area contributed by atoms with Crippen LogP contribution in [0.2, 0.25) is 0 Å². The lowest BCUT2D eigenvalue weighted by atomic mass is 10.1. The second-order valence-electron chi connectivity index (χ2n) is 6.33. The van der Waals surface area contributed by atoms with Gasteiger partial charge in [-0.2, -0.15) is 5.10 Å². The molecular formula is C15H19N5O3S. The van der Waals surface area contributed by atoms with Crippen LogP contribution in [-0.2, 0) is 9.84 Å². The Bertz CT molecular complexity index is 870. The van der Waals surface area contributed by atoms with Crippen LogP contribution in [-0.4, -0.2) is 82.4 Å². The van der Waals surface area contributed by atoms with E-state index in [-0.39, 0.29) is 23.5 Å². The molecule has 2 saturated heterocycles. The molecule has 8 nitrogen and oxygen atoms in total. The van der Waals surface area contributed by atoms with Crippen LogP contribution in [0.5, 0.6) is 0 Å². The minimum Gasteiger partial charge on any atom is -0.336 e. The summed E-state index contributed by atoms with van der Waals surface area (Å²) in [4.78, 5) is 20.9. The average molecular weight is 349 g/mol. The fraction of sp³-hybridized carbons (Fsp3) is 0.533. The van der Waals surface area contributed by atoms with Gasteiger partial charge in [0.25, 0.3) is 5.91 Å². The number of hydrogen-bond donors (Lipinski definition) is 0. The first-order chi connectivity index (χ1) is 11.5. The number of hydrogen-bond acceptors (Lipinski definition) is 6. The van der Waals surface area contributed by atoms with Crippen LogP contribution in [0.15, 0.2) is 24.7 Å². The zero-order valence-corrected chi connectivity index (χ0v) is 14.0. The first-order valence-electron chi connectivity index (χ1n) is 8.06. The van der Waals surface area contributed by atoms with Crippen LogP contribution in [0.3, 0.4) is 0 Å². The summed E-state index contributed by atoms with van der Waals surface area (Å²) in [5, 5.41) is 4.16. The monoisotopic (exact) mass is 349 g/mol. The van der Waals surface area contributed by atoms with Gasteiger partial charge in [-0.3, -0.25) is 9.69 Å². The summed E-state index contributed by atoms with van der Waals surface area (Å²) in [5.41, 5.74) is 1.07. The molecule has 2 fully saturated rings. The molecule has 0 N–H and O–H groups in total. The number of carbonyl (C=O) groups excluding carboxylic acids is 1. The highest BCUT2D eigenvalue weighted by Gasteiger charge is 2.34. The van der Waals surface area contributed by atoms with Crippen LogP contribution in [0.25, 0.3) is 5.65 Å². The van der Waals surface area contributed by atoms with Crippen LogP contribution < -0.4 is 0 Å². The molecule has 0 saturated carbocycles. The van der Waals surface area contributed by atoms with Crippen molar-refractivity contribution in [3.63, 3.8) is 0 Å². The van der Waals surface area contributed by atoms with E-state index >= 15 is 0 Å². The lowest BCUT2D eigenvalue weighted by molar-refractivity contribution is 0.0589. The number of amides is 1. The number of carbonyl (C=O) groups is 1. The molecule has 9 heteroatoms. The Kier molecular flexibility index (Phi) is 3.76. The number of aromatic nitrogens is 3. The number of nitrogens with zero attached hydrogens (tertiary/aromatic N) is 5. The highest BCUT2D eigenvalue weighted by Crippen LogP contribution is 2.20. The van der Waals surface area contributed by atoms with Crippen molar-refractivity contribution in [3.05, 3.63) is 30.2 Å². The maximum Gasteiger partial charge on any atom is 0.259 e. The van der Waals surface area contributed by atoms with Gasteiger partial charge in [0.2, 0.25) is 0 Å². The first-order valence-corrected chi connectivity index (χ1v) is 9.88. The summed E-state index contributed by atoms with van der Waals surface area (Å²) in [5.74, 6) is 0.464. The normalized spacial score (nSPS) is 24.5. The van der Waals surface area contributed by atoms with E-state index in [1.54, 1.807) is 34.1 Å². The number of fused-ring (bicyclic) bond motifs is 1. The topological polar surface area (TPSA) is 87.9 Å². The van der Waals surface area contributed by atoms with Crippen LogP contribution in [0.1, 0.15) is 16.8 Å². The van der Waals surface area contributed by atoms with Crippen molar-refractivity contribution in [1.29, 1.82) is 0 Å². The number of rotatable bonds is 2. The van der Waals surface area contributed by atoms with Gasteiger partial charge < -0.3 is 4.90 Å². The minimum absolute atomic E-state index is 0.0672. The van der Waals surface area contributed by atoms with Crippen LogP contribution in [0.4, 0.5) is 0 Å². The summed E-state index contributed by atoms with van der Waals surface area (Å²) in [7, 11) is -2.88. The zero-order chi connectivity index (χ0) is 16.7. The molecule has 1 amide bonds. The van der Waals surface area contributed by atoms with Crippen LogP contribution >= 0.6 is 0 Å². The Hall–Kier alpha value is -2.00. The maximum absolute atomic E-state index is 12.7. The van der Waals surface area contributed by atoms with Crippen molar-refractivity contribution in [2.45, 2.75) is 12.5 Å². The van der Waals surface area contributed by atoms with E-state index in [0.29, 0.717) is 43.8 Å². The molecule has 128 valence electrons. The molecule has 0 aliphatic carbocycles. The SMILES string of the molecule is O=C(c1cnn2cccnc12)N1CCN(C2CCS(=O)(=O)C2)CC1. The first kappa shape index (κ1) is 15.5. The van der Waals surface area contributed by atoms with Crippen LogP contribution in [0, 0.1) is 0 Å². The molecule has 0 spiro atoms. The van der Waals surface area contributed by atoms with E-state index in [4.69, 9.17) is 0 Å². The van der Waals surface area contributed by atoms with Gasteiger partial charge in [0.05, 0.1) is 17.7 Å². The minimum atomic E-state index is -2.88. The van der Waals surface area contributed by atoms with Crippen molar-refractivity contribution in [2.24, 2.45) is 0 Å². The molecule has 2 aliphatic heterocycles. The molecule has 2 aromatic heterocycles. The molecule has 2 aliphatic rings. The van der Waals surface area contributed by atoms with E-state index < -0.39 is 9.84 Å². The summed E-state index contributed by atoms with van der Waals surface area (Å²) in [6, 6.07) is 1.87. The molecule has 1 atom stereocenters. The Morgan fingerprint density at radius 3 is 2.71 bits per heavy atom. The molecular weight excluding hydrogens is 330 g/mol. The smallest absolute Gasteiger partial charge is 0.259 e. The quantitative estimate of drug-likeness (QED) is 0.738. The highest BCUT2D eigenvalue weighted by atomic mass is 32.2. The predicted octanol–water partition coefficient (Wildman–Crippen LogP) is -0.326. The van der Waals surface area contributed by atoms with E-state index in [1.165, 1.54) is 0 Å². The van der Waals surface area contributed by atoms with E-state index in [0.717, 1.165) is 0 Å². The van der Waals surface area contributed by atoms with Crippen molar-refractivity contribution < 1.29 is 13.2 Å². The van der Waals surface area contributed by atoms with Gasteiger partial charge in [-0.15, -0.1) is 0 Å². The third-order valence-corrected chi connectivity index (χ3v) is 6.59. The van der Waals surface area contributed by atoms with Gasteiger partial charge in [-0.25, -0.2) is 17.9 Å². The van der Waals surface area contributed by atoms with Crippen molar-refractivity contribution >= 4 is 21.4 Å². The standard InChI is InChI=1S/C15H19N5O3S/c21-15(13-10-17-20-4-1-3-16-14(13)20)19-7-5-18(6-8-19)12-2-9-24(22,23)11-12/h1,3-4,10,12H,2,5-9,11H2. The predicted molar refractivity (Wildman–Crippen MR) is 87.5 cm³/mol. The summed E-state index contributed by atoms with van der Waals surface area (Å²) >= 11 is 0. The van der Waals surface area contributed by atoms with Crippen molar-refractivity contribution in [2.75, 3.05) is 37.7 Å². The fourth-order valence-corrected chi connectivity index (χ4v) is 5.26. The van der Waals surface area contributed by atoms with Crippen molar-refractivity contribution in [3.8, 4) is 0 Å². The zero-order valence-electron chi connectivity index (χ0n) is 13.2. The van der Waals surface area contributed by atoms with Gasteiger partial charge in [0.1, 0.15) is 5.56 Å². The lowest BCUT2D eigenvalue weighted by Gasteiger charge is -2.37. The maximum atomic E-state index is 12.7. The second-order valence-corrected chi connectivity index (χ2v) is 8.56. The fourth-order valence-electron chi connectivity index (χ4n) is 3.50. The second kappa shape index (κ2) is 5.82. The number of piperazine rings is 1. The Balaban J connectivity index is 1.43. The van der Waals surface area contributed by atoms with E-state index in [9.17, 15) is 13.2 Å². The molecule has 4 heterocycles. The van der Waals surface area contributed by atoms with E-state index in [2.05, 4.69) is 15.0 Å². The summed E-state index contributed by atoms with van der Waals surface area (Å²) < 4.78 is 24.8. The Labute approximate surface area is 140 Å².